The highest BCUT2D eigenvalue weighted by atomic mass is 35.5. The molecule has 0 fully saturated rings. The normalized spacial score (nSPS) is 17.0. The van der Waals surface area contributed by atoms with Crippen molar-refractivity contribution in [1.29, 1.82) is 0 Å². The Labute approximate surface area is 164 Å². The molecule has 4 rings (SSSR count). The molecule has 3 heterocycles. The maximum absolute atomic E-state index is 13.0. The molecule has 136 valence electrons. The topological polar surface area (TPSA) is 70.8 Å². The number of aliphatic hydroxyl groups excluding tert-OH is 1. The number of Topliss-reactive ketones (excluding diaryl/α,β-unsaturated/α-hetero) is 1. The molecule has 0 bridgehead atoms. The Kier molecular flexibility index (Phi) is 4.37. The molecule has 0 radical (unpaired) electrons. The minimum atomic E-state index is -0.876. The smallest absolute Gasteiger partial charge is 0.294 e. The number of hydrogen-bond donors (Lipinski definition) is 1. The summed E-state index contributed by atoms with van der Waals surface area (Å²) in [5, 5.41) is 12.8. The Morgan fingerprint density at radius 1 is 1.22 bits per heavy atom. The summed E-state index contributed by atoms with van der Waals surface area (Å²) in [4.78, 5) is 27.7. The number of furan rings is 1. The van der Waals surface area contributed by atoms with Gasteiger partial charge in [-0.1, -0.05) is 23.7 Å². The van der Waals surface area contributed by atoms with Crippen molar-refractivity contribution in [2.75, 3.05) is 4.90 Å². The number of benzene rings is 1. The van der Waals surface area contributed by atoms with Gasteiger partial charge in [0.05, 0.1) is 10.5 Å². The molecule has 27 heavy (non-hydrogen) atoms. The number of amides is 1. The molecule has 0 saturated heterocycles. The molecule has 0 spiro atoms. The SMILES string of the molecule is Cc1ccc(C2C(C(=O)c3cccs3)=C(O)C(=O)N2c2cccc(Cl)c2)o1. The zero-order valence-electron chi connectivity index (χ0n) is 14.2. The molecule has 3 aromatic rings. The van der Waals surface area contributed by atoms with Crippen LogP contribution in [0.5, 0.6) is 0 Å². The highest BCUT2D eigenvalue weighted by Crippen LogP contribution is 2.43. The van der Waals surface area contributed by atoms with E-state index in [9.17, 15) is 14.7 Å². The van der Waals surface area contributed by atoms with Crippen molar-refractivity contribution in [3.05, 3.63) is 86.7 Å². The molecule has 0 saturated carbocycles. The quantitative estimate of drug-likeness (QED) is 0.620. The lowest BCUT2D eigenvalue weighted by atomic mass is 10.00. The first-order chi connectivity index (χ1) is 13.0. The number of halogens is 1. The molecular formula is C20H14ClNO4S. The Morgan fingerprint density at radius 3 is 2.67 bits per heavy atom. The molecule has 1 aliphatic heterocycles. The lowest BCUT2D eigenvalue weighted by Gasteiger charge is -2.25. The third-order valence-electron chi connectivity index (χ3n) is 4.31. The molecule has 1 amide bonds. The Bertz CT molecular complexity index is 1070. The third kappa shape index (κ3) is 2.97. The molecule has 5 nitrogen and oxygen atoms in total. The number of carbonyl (C=O) groups is 2. The van der Waals surface area contributed by atoms with Gasteiger partial charge in [0.1, 0.15) is 17.6 Å². The van der Waals surface area contributed by atoms with E-state index in [1.807, 2.05) is 0 Å². The van der Waals surface area contributed by atoms with Crippen LogP contribution in [0.3, 0.4) is 0 Å². The van der Waals surface area contributed by atoms with Gasteiger partial charge in [0.2, 0.25) is 5.78 Å². The van der Waals surface area contributed by atoms with Crippen molar-refractivity contribution >= 4 is 40.3 Å². The largest absolute Gasteiger partial charge is 0.503 e. The van der Waals surface area contributed by atoms with E-state index in [0.717, 1.165) is 0 Å². The van der Waals surface area contributed by atoms with Crippen LogP contribution in [0.25, 0.3) is 0 Å². The minimum Gasteiger partial charge on any atom is -0.503 e. The molecule has 1 N–H and O–H groups in total. The average molecular weight is 400 g/mol. The molecule has 7 heteroatoms. The van der Waals surface area contributed by atoms with Crippen LogP contribution in [0.4, 0.5) is 5.69 Å². The predicted octanol–water partition coefficient (Wildman–Crippen LogP) is 5.09. The van der Waals surface area contributed by atoms with Crippen LogP contribution >= 0.6 is 22.9 Å². The lowest BCUT2D eigenvalue weighted by molar-refractivity contribution is -0.117. The van der Waals surface area contributed by atoms with Crippen LogP contribution in [0.15, 0.2) is 69.7 Å². The molecule has 1 atom stereocenters. The summed E-state index contributed by atoms with van der Waals surface area (Å²) in [5.74, 6) is -0.620. The van der Waals surface area contributed by atoms with Gasteiger partial charge in [-0.05, 0) is 48.7 Å². The number of thiophene rings is 1. The van der Waals surface area contributed by atoms with Crippen LogP contribution in [-0.2, 0) is 4.79 Å². The zero-order chi connectivity index (χ0) is 19.1. The number of rotatable bonds is 4. The zero-order valence-corrected chi connectivity index (χ0v) is 15.8. The van der Waals surface area contributed by atoms with E-state index in [4.69, 9.17) is 16.0 Å². The number of anilines is 1. The van der Waals surface area contributed by atoms with E-state index in [-0.39, 0.29) is 5.57 Å². The summed E-state index contributed by atoms with van der Waals surface area (Å²) < 4.78 is 5.72. The first-order valence-corrected chi connectivity index (χ1v) is 9.40. The molecule has 1 aliphatic rings. The van der Waals surface area contributed by atoms with Gasteiger partial charge in [-0.25, -0.2) is 0 Å². The molecular weight excluding hydrogens is 386 g/mol. The number of ketones is 1. The Morgan fingerprint density at radius 2 is 2.04 bits per heavy atom. The van der Waals surface area contributed by atoms with Gasteiger partial charge in [0, 0.05) is 10.7 Å². The fourth-order valence-corrected chi connectivity index (χ4v) is 4.00. The summed E-state index contributed by atoms with van der Waals surface area (Å²) in [6.45, 7) is 1.77. The van der Waals surface area contributed by atoms with Gasteiger partial charge >= 0.3 is 0 Å². The third-order valence-corrected chi connectivity index (χ3v) is 5.42. The fraction of sp³-hybridized carbons (Fsp3) is 0.100. The van der Waals surface area contributed by atoms with Crippen molar-refractivity contribution in [3.63, 3.8) is 0 Å². The summed E-state index contributed by atoms with van der Waals surface area (Å²) in [6.07, 6.45) is 0. The van der Waals surface area contributed by atoms with Gasteiger partial charge in [-0.2, -0.15) is 0 Å². The van der Waals surface area contributed by atoms with Gasteiger partial charge in [0.15, 0.2) is 5.76 Å². The Hall–Kier alpha value is -2.83. The summed E-state index contributed by atoms with van der Waals surface area (Å²) in [7, 11) is 0. The van der Waals surface area contributed by atoms with Crippen LogP contribution in [0.2, 0.25) is 5.02 Å². The van der Waals surface area contributed by atoms with Crippen molar-refractivity contribution in [2.45, 2.75) is 13.0 Å². The highest BCUT2D eigenvalue weighted by molar-refractivity contribution is 7.12. The lowest BCUT2D eigenvalue weighted by Crippen LogP contribution is -2.30. The molecule has 1 aromatic carbocycles. The highest BCUT2D eigenvalue weighted by Gasteiger charge is 2.46. The van der Waals surface area contributed by atoms with Crippen LogP contribution in [0, 0.1) is 6.92 Å². The van der Waals surface area contributed by atoms with Gasteiger partial charge < -0.3 is 9.52 Å². The average Bonchev–Trinajstić information content (AvgIpc) is 3.36. The second-order valence-electron chi connectivity index (χ2n) is 6.07. The summed E-state index contributed by atoms with van der Waals surface area (Å²) >= 11 is 7.33. The Balaban J connectivity index is 1.88. The van der Waals surface area contributed by atoms with Crippen molar-refractivity contribution in [2.24, 2.45) is 0 Å². The first kappa shape index (κ1) is 17.6. The minimum absolute atomic E-state index is 0.00299. The van der Waals surface area contributed by atoms with E-state index in [0.29, 0.717) is 27.1 Å². The number of carbonyl (C=O) groups excluding carboxylic acids is 2. The van der Waals surface area contributed by atoms with Crippen molar-refractivity contribution in [1.82, 2.24) is 0 Å². The van der Waals surface area contributed by atoms with E-state index in [2.05, 4.69) is 0 Å². The predicted molar refractivity (Wildman–Crippen MR) is 103 cm³/mol. The number of aliphatic hydroxyl groups is 1. The number of hydrogen-bond acceptors (Lipinski definition) is 5. The summed E-state index contributed by atoms with van der Waals surface area (Å²) in [6, 6.07) is 12.7. The first-order valence-electron chi connectivity index (χ1n) is 8.14. The van der Waals surface area contributed by atoms with Crippen LogP contribution in [0.1, 0.15) is 27.2 Å². The maximum Gasteiger partial charge on any atom is 0.294 e. The van der Waals surface area contributed by atoms with Gasteiger partial charge in [0.25, 0.3) is 5.91 Å². The van der Waals surface area contributed by atoms with Crippen molar-refractivity contribution in [3.8, 4) is 0 Å². The van der Waals surface area contributed by atoms with Crippen LogP contribution < -0.4 is 4.90 Å². The summed E-state index contributed by atoms with van der Waals surface area (Å²) in [5.41, 5.74) is 0.462. The van der Waals surface area contributed by atoms with Crippen molar-refractivity contribution < 1.29 is 19.1 Å². The molecule has 2 aromatic heterocycles. The van der Waals surface area contributed by atoms with Gasteiger partial charge in [-0.3, -0.25) is 14.5 Å². The number of nitrogens with zero attached hydrogens (tertiary/aromatic N) is 1. The maximum atomic E-state index is 13.0. The van der Waals surface area contributed by atoms with Crippen LogP contribution in [-0.4, -0.2) is 16.8 Å². The number of aryl methyl sites for hydroxylation is 1. The van der Waals surface area contributed by atoms with E-state index in [1.54, 1.807) is 60.8 Å². The van der Waals surface area contributed by atoms with E-state index >= 15 is 0 Å². The molecule has 0 aliphatic carbocycles. The second-order valence-corrected chi connectivity index (χ2v) is 7.46. The van der Waals surface area contributed by atoms with E-state index in [1.165, 1.54) is 16.2 Å². The standard InChI is InChI=1S/C20H14ClNO4S/c1-11-7-8-14(26-11)17-16(18(23)15-6-3-9-27-15)19(24)20(25)22(17)13-5-2-4-12(21)10-13/h2-10,17,24H,1H3. The molecule has 1 unspecified atom stereocenters. The van der Waals surface area contributed by atoms with E-state index < -0.39 is 23.5 Å². The monoisotopic (exact) mass is 399 g/mol. The second kappa shape index (κ2) is 6.72. The fourth-order valence-electron chi connectivity index (χ4n) is 3.14. The van der Waals surface area contributed by atoms with Gasteiger partial charge in [-0.15, -0.1) is 11.3 Å².